The second-order valence-electron chi connectivity index (χ2n) is 6.94. The Kier molecular flexibility index (Phi) is 7.69. The van der Waals surface area contributed by atoms with Gasteiger partial charge < -0.3 is 10.1 Å². The smallest absolute Gasteiger partial charge is 0.243 e. The molecule has 1 saturated heterocycles. The quantitative estimate of drug-likeness (QED) is 0.587. The van der Waals surface area contributed by atoms with Crippen molar-refractivity contribution in [3.05, 3.63) is 58.6 Å². The van der Waals surface area contributed by atoms with E-state index in [4.69, 9.17) is 4.74 Å². The molecule has 1 heterocycles. The van der Waals surface area contributed by atoms with Crippen molar-refractivity contribution in [2.45, 2.75) is 30.6 Å². The molecule has 0 unspecified atom stereocenters. The maximum Gasteiger partial charge on any atom is 0.243 e. The number of amides is 1. The van der Waals surface area contributed by atoms with Crippen LogP contribution in [0.4, 0.5) is 0 Å². The summed E-state index contributed by atoms with van der Waals surface area (Å²) in [4.78, 5) is 12.3. The molecule has 2 aromatic carbocycles. The molecule has 0 radical (unpaired) electrons. The third-order valence-corrected chi connectivity index (χ3v) is 7.13. The van der Waals surface area contributed by atoms with E-state index in [1.807, 2.05) is 24.3 Å². The molecule has 1 aliphatic heterocycles. The summed E-state index contributed by atoms with van der Waals surface area (Å²) in [5.41, 5.74) is 0.934. The fourth-order valence-electron chi connectivity index (χ4n) is 3.22. The number of nitrogens with one attached hydrogen (secondary N) is 1. The molecular weight excluding hydrogens is 456 g/mol. The number of hydrogen-bond acceptors (Lipinski definition) is 4. The minimum atomic E-state index is -3.43. The molecule has 0 atom stereocenters. The monoisotopic (exact) mass is 480 g/mol. The van der Waals surface area contributed by atoms with Crippen LogP contribution in [0.15, 0.2) is 57.9 Å². The molecule has 1 N–H and O–H groups in total. The summed E-state index contributed by atoms with van der Waals surface area (Å²) >= 11 is 3.39. The van der Waals surface area contributed by atoms with Crippen LogP contribution >= 0.6 is 15.9 Å². The van der Waals surface area contributed by atoms with E-state index in [2.05, 4.69) is 21.2 Å². The van der Waals surface area contributed by atoms with E-state index < -0.39 is 10.0 Å². The number of nitrogens with zero attached hydrogens (tertiary/aromatic N) is 1. The highest BCUT2D eigenvalue weighted by molar-refractivity contribution is 9.10. The molecule has 1 aliphatic rings. The first kappa shape index (κ1) is 21.8. The zero-order valence-corrected chi connectivity index (χ0v) is 18.5. The van der Waals surface area contributed by atoms with Crippen molar-refractivity contribution < 1.29 is 17.9 Å². The normalized spacial score (nSPS) is 15.1. The number of sulfonamides is 1. The second-order valence-corrected chi connectivity index (χ2v) is 9.79. The van der Waals surface area contributed by atoms with Crippen LogP contribution in [0.1, 0.15) is 24.8 Å². The molecular formula is C21H25BrN2O4S. The van der Waals surface area contributed by atoms with Gasteiger partial charge in [0.2, 0.25) is 15.9 Å². The van der Waals surface area contributed by atoms with E-state index in [0.717, 1.165) is 29.3 Å². The van der Waals surface area contributed by atoms with Gasteiger partial charge in [0.15, 0.2) is 0 Å². The van der Waals surface area contributed by atoms with E-state index in [1.165, 1.54) is 0 Å². The van der Waals surface area contributed by atoms with Gasteiger partial charge in [-0.3, -0.25) is 4.79 Å². The average molecular weight is 481 g/mol. The van der Waals surface area contributed by atoms with Gasteiger partial charge in [-0.1, -0.05) is 34.5 Å². The van der Waals surface area contributed by atoms with Crippen LogP contribution in [0.2, 0.25) is 0 Å². The molecule has 156 valence electrons. The van der Waals surface area contributed by atoms with Crippen LogP contribution in [0, 0.1) is 0 Å². The molecule has 29 heavy (non-hydrogen) atoms. The SMILES string of the molecule is O=C(Cc1cccc(Br)c1)NCCOc1ccc(S(=O)(=O)N2CCCCC2)cc1. The number of halogens is 1. The summed E-state index contributed by atoms with van der Waals surface area (Å²) in [5, 5.41) is 2.82. The minimum absolute atomic E-state index is 0.0744. The number of hydrogen-bond donors (Lipinski definition) is 1. The summed E-state index contributed by atoms with van der Waals surface area (Å²) in [6, 6.07) is 14.1. The lowest BCUT2D eigenvalue weighted by Gasteiger charge is -2.25. The van der Waals surface area contributed by atoms with E-state index in [-0.39, 0.29) is 10.8 Å². The Morgan fingerprint density at radius 2 is 1.79 bits per heavy atom. The number of ether oxygens (including phenoxy) is 1. The number of benzene rings is 2. The van der Waals surface area contributed by atoms with E-state index in [0.29, 0.717) is 38.4 Å². The molecule has 0 bridgehead atoms. The molecule has 3 rings (SSSR count). The van der Waals surface area contributed by atoms with E-state index in [1.54, 1.807) is 28.6 Å². The topological polar surface area (TPSA) is 75.7 Å². The van der Waals surface area contributed by atoms with Crippen LogP contribution in [0.3, 0.4) is 0 Å². The van der Waals surface area contributed by atoms with E-state index in [9.17, 15) is 13.2 Å². The van der Waals surface area contributed by atoms with Crippen molar-refractivity contribution in [3.8, 4) is 5.75 Å². The predicted octanol–water partition coefficient (Wildman–Crippen LogP) is 3.36. The van der Waals surface area contributed by atoms with Crippen LogP contribution in [0.25, 0.3) is 0 Å². The summed E-state index contributed by atoms with van der Waals surface area (Å²) in [5.74, 6) is 0.499. The lowest BCUT2D eigenvalue weighted by atomic mass is 10.1. The van der Waals surface area contributed by atoms with Crippen LogP contribution in [0.5, 0.6) is 5.75 Å². The standard InChI is InChI=1S/C21H25BrN2O4S/c22-18-6-4-5-17(15-18)16-21(25)23-11-14-28-19-7-9-20(10-8-19)29(26,27)24-12-2-1-3-13-24/h4-10,15H,1-3,11-14,16H2,(H,23,25). The summed E-state index contributed by atoms with van der Waals surface area (Å²) in [6.45, 7) is 1.85. The maximum atomic E-state index is 12.6. The third kappa shape index (κ3) is 6.29. The predicted molar refractivity (Wildman–Crippen MR) is 115 cm³/mol. The molecule has 0 aliphatic carbocycles. The van der Waals surface area contributed by atoms with Gasteiger partial charge in [-0.25, -0.2) is 8.42 Å². The van der Waals surface area contributed by atoms with Crippen molar-refractivity contribution in [1.82, 2.24) is 9.62 Å². The molecule has 1 fully saturated rings. The molecule has 0 spiro atoms. The van der Waals surface area contributed by atoms with Gasteiger partial charge in [-0.15, -0.1) is 0 Å². The number of carbonyl (C=O) groups is 1. The van der Waals surface area contributed by atoms with Gasteiger partial charge in [-0.2, -0.15) is 4.31 Å². The largest absolute Gasteiger partial charge is 0.492 e. The molecule has 0 aromatic heterocycles. The number of carbonyl (C=O) groups excluding carboxylic acids is 1. The van der Waals surface area contributed by atoms with Crippen molar-refractivity contribution >= 4 is 31.9 Å². The molecule has 2 aromatic rings. The Balaban J connectivity index is 1.43. The summed E-state index contributed by atoms with van der Waals surface area (Å²) in [6.07, 6.45) is 3.21. The molecule has 0 saturated carbocycles. The first-order chi connectivity index (χ1) is 13.9. The Morgan fingerprint density at radius 1 is 1.07 bits per heavy atom. The van der Waals surface area contributed by atoms with Gasteiger partial charge in [-0.05, 0) is 54.8 Å². The Labute approximate surface area is 180 Å². The fourth-order valence-corrected chi connectivity index (χ4v) is 5.18. The average Bonchev–Trinajstić information content (AvgIpc) is 2.72. The number of rotatable bonds is 8. The highest BCUT2D eigenvalue weighted by Gasteiger charge is 2.25. The zero-order valence-electron chi connectivity index (χ0n) is 16.1. The van der Waals surface area contributed by atoms with Gasteiger partial charge in [0.1, 0.15) is 12.4 Å². The van der Waals surface area contributed by atoms with Gasteiger partial charge in [0.25, 0.3) is 0 Å². The molecule has 1 amide bonds. The minimum Gasteiger partial charge on any atom is -0.492 e. The molecule has 6 nitrogen and oxygen atoms in total. The lowest BCUT2D eigenvalue weighted by molar-refractivity contribution is -0.120. The van der Waals surface area contributed by atoms with Crippen molar-refractivity contribution in [2.75, 3.05) is 26.2 Å². The van der Waals surface area contributed by atoms with Crippen molar-refractivity contribution in [3.63, 3.8) is 0 Å². The molecule has 8 heteroatoms. The number of piperidine rings is 1. The highest BCUT2D eigenvalue weighted by Crippen LogP contribution is 2.22. The van der Waals surface area contributed by atoms with Crippen molar-refractivity contribution in [1.29, 1.82) is 0 Å². The van der Waals surface area contributed by atoms with Gasteiger partial charge >= 0.3 is 0 Å². The Hall–Kier alpha value is -1.90. The summed E-state index contributed by atoms with van der Waals surface area (Å²) < 4.78 is 33.4. The highest BCUT2D eigenvalue weighted by atomic mass is 79.9. The van der Waals surface area contributed by atoms with Gasteiger partial charge in [0.05, 0.1) is 17.9 Å². The Bertz CT molecular complexity index is 926. The fraction of sp³-hybridized carbons (Fsp3) is 0.381. The second kappa shape index (κ2) is 10.2. The zero-order chi connectivity index (χ0) is 20.7. The first-order valence-electron chi connectivity index (χ1n) is 9.69. The first-order valence-corrected chi connectivity index (χ1v) is 11.9. The van der Waals surface area contributed by atoms with Crippen molar-refractivity contribution in [2.24, 2.45) is 0 Å². The van der Waals surface area contributed by atoms with Gasteiger partial charge in [0, 0.05) is 17.6 Å². The van der Waals surface area contributed by atoms with Crippen LogP contribution in [-0.4, -0.2) is 44.9 Å². The lowest BCUT2D eigenvalue weighted by Crippen LogP contribution is -2.35. The van der Waals surface area contributed by atoms with Crippen LogP contribution in [-0.2, 0) is 21.2 Å². The van der Waals surface area contributed by atoms with Crippen LogP contribution < -0.4 is 10.1 Å². The van der Waals surface area contributed by atoms with E-state index >= 15 is 0 Å². The maximum absolute atomic E-state index is 12.6. The Morgan fingerprint density at radius 3 is 2.48 bits per heavy atom. The summed E-state index contributed by atoms with van der Waals surface area (Å²) in [7, 11) is -3.43. The third-order valence-electron chi connectivity index (χ3n) is 4.72.